The Balaban J connectivity index is 1.60. The number of hydrogen-bond acceptors (Lipinski definition) is 7. The molecule has 1 aromatic heterocycles. The van der Waals surface area contributed by atoms with Crippen LogP contribution in [0.2, 0.25) is 0 Å². The molecule has 0 aliphatic carbocycles. The van der Waals surface area contributed by atoms with Gasteiger partial charge in [-0.15, -0.1) is 0 Å². The number of nitrogens with zero attached hydrogens (tertiary/aromatic N) is 4. The second-order valence-corrected chi connectivity index (χ2v) is 6.22. The summed E-state index contributed by atoms with van der Waals surface area (Å²) in [6.07, 6.45) is 3.07. The first-order valence-corrected chi connectivity index (χ1v) is 8.89. The average Bonchev–Trinajstić information content (AvgIpc) is 2.74. The molecule has 1 aliphatic heterocycles. The van der Waals surface area contributed by atoms with Gasteiger partial charge in [0.25, 0.3) is 5.91 Å². The maximum atomic E-state index is 12.6. The van der Waals surface area contributed by atoms with Crippen molar-refractivity contribution in [3.05, 3.63) is 47.8 Å². The van der Waals surface area contributed by atoms with Crippen LogP contribution in [0.3, 0.4) is 0 Å². The second kappa shape index (κ2) is 8.59. The maximum absolute atomic E-state index is 12.6. The van der Waals surface area contributed by atoms with Gasteiger partial charge in [-0.2, -0.15) is 0 Å². The van der Waals surface area contributed by atoms with E-state index in [9.17, 15) is 9.59 Å². The van der Waals surface area contributed by atoms with Crippen molar-refractivity contribution in [3.63, 3.8) is 0 Å². The molecule has 8 heteroatoms. The lowest BCUT2D eigenvalue weighted by molar-refractivity contribution is 0.0599. The predicted octanol–water partition coefficient (Wildman–Crippen LogP) is 1.78. The number of carbonyl (C=O) groups is 2. The summed E-state index contributed by atoms with van der Waals surface area (Å²) in [7, 11) is 1.34. The maximum Gasteiger partial charge on any atom is 0.337 e. The van der Waals surface area contributed by atoms with Gasteiger partial charge in [0.05, 0.1) is 18.2 Å². The number of anilines is 2. The highest BCUT2D eigenvalue weighted by Gasteiger charge is 2.21. The molecule has 3 rings (SSSR count). The van der Waals surface area contributed by atoms with E-state index < -0.39 is 0 Å². The van der Waals surface area contributed by atoms with Gasteiger partial charge >= 0.3 is 5.97 Å². The lowest BCUT2D eigenvalue weighted by Gasteiger charge is -2.33. The van der Waals surface area contributed by atoms with Crippen LogP contribution in [0.15, 0.2) is 36.7 Å². The van der Waals surface area contributed by atoms with Gasteiger partial charge in [0.2, 0.25) is 5.95 Å². The summed E-state index contributed by atoms with van der Waals surface area (Å²) >= 11 is 0. The summed E-state index contributed by atoms with van der Waals surface area (Å²) < 4.78 is 4.67. The molecule has 0 spiro atoms. The van der Waals surface area contributed by atoms with Crippen LogP contribution in [0.5, 0.6) is 0 Å². The van der Waals surface area contributed by atoms with Crippen molar-refractivity contribution in [2.75, 3.05) is 45.2 Å². The summed E-state index contributed by atoms with van der Waals surface area (Å²) in [5.41, 5.74) is 1.68. The fraction of sp³-hybridized carbons (Fsp3) is 0.368. The van der Waals surface area contributed by atoms with Gasteiger partial charge in [-0.05, 0) is 30.8 Å². The summed E-state index contributed by atoms with van der Waals surface area (Å²) in [5, 5.41) is 3.04. The topological polar surface area (TPSA) is 87.7 Å². The van der Waals surface area contributed by atoms with Gasteiger partial charge in [-0.3, -0.25) is 4.79 Å². The SMILES string of the molecule is CCN1CCN(C(=O)c2cnc(Nc3ccc(C(=O)OC)cc3)nc2)CC1. The molecular formula is C19H23N5O3. The number of amides is 1. The number of aromatic nitrogens is 2. The van der Waals surface area contributed by atoms with Crippen LogP contribution in [-0.2, 0) is 4.74 Å². The number of piperazine rings is 1. The minimum Gasteiger partial charge on any atom is -0.465 e. The number of likely N-dealkylation sites (N-methyl/N-ethyl adjacent to an activating group) is 1. The minimum absolute atomic E-state index is 0.0419. The Morgan fingerprint density at radius 2 is 1.67 bits per heavy atom. The summed E-state index contributed by atoms with van der Waals surface area (Å²) in [6.45, 7) is 6.36. The van der Waals surface area contributed by atoms with Crippen molar-refractivity contribution in [2.24, 2.45) is 0 Å². The number of benzene rings is 1. The van der Waals surface area contributed by atoms with Gasteiger partial charge in [-0.25, -0.2) is 14.8 Å². The van der Waals surface area contributed by atoms with E-state index in [0.29, 0.717) is 17.1 Å². The normalized spacial score (nSPS) is 14.7. The van der Waals surface area contributed by atoms with E-state index >= 15 is 0 Å². The first kappa shape index (κ1) is 18.8. The fourth-order valence-electron chi connectivity index (χ4n) is 2.89. The second-order valence-electron chi connectivity index (χ2n) is 6.22. The van der Waals surface area contributed by atoms with Crippen LogP contribution >= 0.6 is 0 Å². The number of hydrogen-bond donors (Lipinski definition) is 1. The Hall–Kier alpha value is -3.00. The van der Waals surface area contributed by atoms with Crippen molar-refractivity contribution < 1.29 is 14.3 Å². The molecule has 0 radical (unpaired) electrons. The number of carbonyl (C=O) groups excluding carboxylic acids is 2. The van der Waals surface area contributed by atoms with Crippen molar-refractivity contribution >= 4 is 23.5 Å². The Morgan fingerprint density at radius 1 is 1.04 bits per heavy atom. The lowest BCUT2D eigenvalue weighted by atomic mass is 10.2. The molecule has 2 heterocycles. The largest absolute Gasteiger partial charge is 0.465 e. The van der Waals surface area contributed by atoms with Crippen LogP contribution in [-0.4, -0.2) is 71.5 Å². The third-order valence-electron chi connectivity index (χ3n) is 4.57. The van der Waals surface area contributed by atoms with Crippen molar-refractivity contribution in [1.82, 2.24) is 19.8 Å². The first-order valence-electron chi connectivity index (χ1n) is 8.89. The molecule has 8 nitrogen and oxygen atoms in total. The molecule has 1 N–H and O–H groups in total. The average molecular weight is 369 g/mol. The highest BCUT2D eigenvalue weighted by Crippen LogP contribution is 2.15. The van der Waals surface area contributed by atoms with E-state index in [0.717, 1.165) is 38.4 Å². The zero-order valence-electron chi connectivity index (χ0n) is 15.5. The standard InChI is InChI=1S/C19H23N5O3/c1-3-23-8-10-24(11-9-23)17(25)15-12-20-19(21-13-15)22-16-6-4-14(5-7-16)18(26)27-2/h4-7,12-13H,3,8-11H2,1-2H3,(H,20,21,22). The van der Waals surface area contributed by atoms with Crippen LogP contribution in [0.4, 0.5) is 11.6 Å². The van der Waals surface area contributed by atoms with Crippen LogP contribution < -0.4 is 5.32 Å². The molecule has 1 fully saturated rings. The Kier molecular flexibility index (Phi) is 5.97. The molecule has 1 aliphatic rings. The van der Waals surface area contributed by atoms with E-state index in [1.807, 2.05) is 4.90 Å². The number of rotatable bonds is 5. The first-order chi connectivity index (χ1) is 13.1. The molecule has 0 unspecified atom stereocenters. The van der Waals surface area contributed by atoms with Crippen LogP contribution in [0.25, 0.3) is 0 Å². The van der Waals surface area contributed by atoms with E-state index in [2.05, 4.69) is 31.8 Å². The number of nitrogens with one attached hydrogen (secondary N) is 1. The molecule has 27 heavy (non-hydrogen) atoms. The molecule has 1 saturated heterocycles. The molecular weight excluding hydrogens is 346 g/mol. The Morgan fingerprint density at radius 3 is 2.22 bits per heavy atom. The van der Waals surface area contributed by atoms with Gasteiger partial charge in [0, 0.05) is 44.3 Å². The molecule has 0 atom stereocenters. The molecule has 0 bridgehead atoms. The van der Waals surface area contributed by atoms with Gasteiger partial charge in [-0.1, -0.05) is 6.92 Å². The zero-order chi connectivity index (χ0) is 19.2. The third-order valence-corrected chi connectivity index (χ3v) is 4.57. The zero-order valence-corrected chi connectivity index (χ0v) is 15.5. The van der Waals surface area contributed by atoms with E-state index in [-0.39, 0.29) is 11.9 Å². The quantitative estimate of drug-likeness (QED) is 0.804. The van der Waals surface area contributed by atoms with E-state index in [1.165, 1.54) is 19.5 Å². The summed E-state index contributed by atoms with van der Waals surface area (Å²) in [6, 6.07) is 6.79. The molecule has 1 aromatic carbocycles. The van der Waals surface area contributed by atoms with Crippen molar-refractivity contribution in [3.8, 4) is 0 Å². The fourth-order valence-corrected chi connectivity index (χ4v) is 2.89. The molecule has 2 aromatic rings. The molecule has 0 saturated carbocycles. The van der Waals surface area contributed by atoms with Crippen molar-refractivity contribution in [1.29, 1.82) is 0 Å². The van der Waals surface area contributed by atoms with Crippen molar-refractivity contribution in [2.45, 2.75) is 6.92 Å². The van der Waals surface area contributed by atoms with Gasteiger partial charge in [0.15, 0.2) is 0 Å². The highest BCUT2D eigenvalue weighted by molar-refractivity contribution is 5.93. The van der Waals surface area contributed by atoms with Crippen LogP contribution in [0.1, 0.15) is 27.6 Å². The van der Waals surface area contributed by atoms with Gasteiger partial charge < -0.3 is 19.9 Å². The van der Waals surface area contributed by atoms with E-state index in [4.69, 9.17) is 0 Å². The molecule has 1 amide bonds. The smallest absolute Gasteiger partial charge is 0.337 e. The Bertz CT molecular complexity index is 784. The Labute approximate surface area is 158 Å². The lowest BCUT2D eigenvalue weighted by Crippen LogP contribution is -2.48. The summed E-state index contributed by atoms with van der Waals surface area (Å²) in [5.74, 6) is -0.0478. The van der Waals surface area contributed by atoms with Gasteiger partial charge in [0.1, 0.15) is 0 Å². The number of ether oxygens (including phenoxy) is 1. The minimum atomic E-state index is -0.388. The predicted molar refractivity (Wildman–Crippen MR) is 101 cm³/mol. The third kappa shape index (κ3) is 4.59. The number of esters is 1. The highest BCUT2D eigenvalue weighted by atomic mass is 16.5. The molecule has 142 valence electrons. The number of methoxy groups -OCH3 is 1. The summed E-state index contributed by atoms with van der Waals surface area (Å²) in [4.78, 5) is 36.6. The monoisotopic (exact) mass is 369 g/mol. The van der Waals surface area contributed by atoms with Crippen LogP contribution in [0, 0.1) is 0 Å². The van der Waals surface area contributed by atoms with E-state index in [1.54, 1.807) is 24.3 Å².